The summed E-state index contributed by atoms with van der Waals surface area (Å²) in [4.78, 5) is 27.5. The molecule has 0 radical (unpaired) electrons. The molecule has 2 aliphatic rings. The minimum atomic E-state index is -0.886. The Kier molecular flexibility index (Phi) is 6.73. The summed E-state index contributed by atoms with van der Waals surface area (Å²) >= 11 is 0. The van der Waals surface area contributed by atoms with Crippen molar-refractivity contribution < 1.29 is 19.1 Å². The van der Waals surface area contributed by atoms with Crippen molar-refractivity contribution in [2.24, 2.45) is 0 Å². The highest BCUT2D eigenvalue weighted by Crippen LogP contribution is 2.29. The van der Waals surface area contributed by atoms with E-state index in [1.54, 1.807) is 0 Å². The summed E-state index contributed by atoms with van der Waals surface area (Å²) in [5, 5.41) is 2.97. The molecule has 1 aromatic carbocycles. The standard InChI is InChI=1S/C22H32N2O4/c1-16-13-24(14-17(2)28-16)15-18-7-9-19(10-8-18)20(25)23-22(21(26)27-3)11-5-4-6-12-22/h7-10,16-17H,4-6,11-15H2,1-3H3,(H,23,25). The molecule has 6 nitrogen and oxygen atoms in total. The topological polar surface area (TPSA) is 67.9 Å². The molecule has 1 N–H and O–H groups in total. The molecule has 2 fully saturated rings. The first kappa shape index (κ1) is 20.8. The number of amides is 1. The van der Waals surface area contributed by atoms with Gasteiger partial charge in [0, 0.05) is 25.2 Å². The highest BCUT2D eigenvalue weighted by molar-refractivity contribution is 5.98. The summed E-state index contributed by atoms with van der Waals surface area (Å²) in [6.45, 7) is 6.85. The number of morpholine rings is 1. The van der Waals surface area contributed by atoms with E-state index in [0.29, 0.717) is 18.4 Å². The van der Waals surface area contributed by atoms with E-state index in [0.717, 1.165) is 44.5 Å². The number of methoxy groups -OCH3 is 1. The van der Waals surface area contributed by atoms with Crippen LogP contribution in [0.3, 0.4) is 0 Å². The Morgan fingerprint density at radius 2 is 1.71 bits per heavy atom. The Morgan fingerprint density at radius 3 is 2.29 bits per heavy atom. The molecule has 1 amide bonds. The number of benzene rings is 1. The van der Waals surface area contributed by atoms with E-state index in [9.17, 15) is 9.59 Å². The van der Waals surface area contributed by atoms with Gasteiger partial charge in [0.25, 0.3) is 5.91 Å². The second kappa shape index (κ2) is 9.05. The minimum absolute atomic E-state index is 0.215. The molecular formula is C22H32N2O4. The maximum atomic E-state index is 12.8. The minimum Gasteiger partial charge on any atom is -0.467 e. The zero-order valence-electron chi connectivity index (χ0n) is 17.2. The molecule has 1 aliphatic heterocycles. The summed E-state index contributed by atoms with van der Waals surface area (Å²) in [5.41, 5.74) is 0.850. The van der Waals surface area contributed by atoms with Crippen molar-refractivity contribution in [3.8, 4) is 0 Å². The fraction of sp³-hybridized carbons (Fsp3) is 0.636. The SMILES string of the molecule is COC(=O)C1(NC(=O)c2ccc(CN3CC(C)OC(C)C3)cc2)CCCCC1. The lowest BCUT2D eigenvalue weighted by Crippen LogP contribution is -2.56. The van der Waals surface area contributed by atoms with Gasteiger partial charge in [0.05, 0.1) is 19.3 Å². The molecule has 28 heavy (non-hydrogen) atoms. The van der Waals surface area contributed by atoms with Crippen LogP contribution in [0.2, 0.25) is 0 Å². The van der Waals surface area contributed by atoms with Gasteiger partial charge in [-0.25, -0.2) is 4.79 Å². The summed E-state index contributed by atoms with van der Waals surface area (Å²) in [6, 6.07) is 7.66. The van der Waals surface area contributed by atoms with Crippen LogP contribution in [-0.2, 0) is 20.8 Å². The number of nitrogens with zero attached hydrogens (tertiary/aromatic N) is 1. The van der Waals surface area contributed by atoms with Crippen LogP contribution in [0.1, 0.15) is 61.9 Å². The predicted octanol–water partition coefficient (Wildman–Crippen LogP) is 2.90. The number of hydrogen-bond acceptors (Lipinski definition) is 5. The predicted molar refractivity (Wildman–Crippen MR) is 107 cm³/mol. The van der Waals surface area contributed by atoms with Crippen LogP contribution in [0.25, 0.3) is 0 Å². The average molecular weight is 389 g/mol. The maximum absolute atomic E-state index is 12.8. The molecule has 3 rings (SSSR count). The molecule has 0 spiro atoms. The average Bonchev–Trinajstić information content (AvgIpc) is 2.67. The molecule has 2 atom stereocenters. The lowest BCUT2D eigenvalue weighted by atomic mass is 9.81. The first-order valence-corrected chi connectivity index (χ1v) is 10.3. The number of carbonyl (C=O) groups is 2. The normalized spacial score (nSPS) is 25.1. The molecule has 1 heterocycles. The first-order chi connectivity index (χ1) is 13.4. The van der Waals surface area contributed by atoms with Crippen LogP contribution >= 0.6 is 0 Å². The number of ether oxygens (including phenoxy) is 2. The number of nitrogens with one attached hydrogen (secondary N) is 1. The summed E-state index contributed by atoms with van der Waals surface area (Å²) in [6.07, 6.45) is 4.67. The van der Waals surface area contributed by atoms with Crippen LogP contribution in [-0.4, -0.2) is 54.7 Å². The summed E-state index contributed by atoms with van der Waals surface area (Å²) in [7, 11) is 1.38. The lowest BCUT2D eigenvalue weighted by molar-refractivity contribution is -0.149. The van der Waals surface area contributed by atoms with Gasteiger partial charge < -0.3 is 14.8 Å². The zero-order valence-corrected chi connectivity index (χ0v) is 17.2. The van der Waals surface area contributed by atoms with Crippen LogP contribution in [0.4, 0.5) is 0 Å². The molecule has 0 bridgehead atoms. The quantitative estimate of drug-likeness (QED) is 0.786. The molecular weight excluding hydrogens is 356 g/mol. The monoisotopic (exact) mass is 388 g/mol. The highest BCUT2D eigenvalue weighted by Gasteiger charge is 2.42. The first-order valence-electron chi connectivity index (χ1n) is 10.3. The van der Waals surface area contributed by atoms with Gasteiger partial charge in [-0.05, 0) is 44.4 Å². The van der Waals surface area contributed by atoms with Crippen molar-refractivity contribution in [3.05, 3.63) is 35.4 Å². The van der Waals surface area contributed by atoms with Crippen molar-refractivity contribution >= 4 is 11.9 Å². The highest BCUT2D eigenvalue weighted by atomic mass is 16.5. The van der Waals surface area contributed by atoms with Crippen LogP contribution in [0.15, 0.2) is 24.3 Å². The van der Waals surface area contributed by atoms with Crippen LogP contribution < -0.4 is 5.32 Å². The fourth-order valence-corrected chi connectivity index (χ4v) is 4.45. The molecule has 2 unspecified atom stereocenters. The molecule has 1 saturated heterocycles. The second-order valence-corrected chi connectivity index (χ2v) is 8.24. The van der Waals surface area contributed by atoms with E-state index >= 15 is 0 Å². The molecule has 1 aliphatic carbocycles. The van der Waals surface area contributed by atoms with Gasteiger partial charge in [0.15, 0.2) is 0 Å². The Morgan fingerprint density at radius 1 is 1.11 bits per heavy atom. The Bertz CT molecular complexity index is 672. The Hall–Kier alpha value is -1.92. The molecule has 154 valence electrons. The van der Waals surface area contributed by atoms with Gasteiger partial charge in [-0.1, -0.05) is 31.4 Å². The second-order valence-electron chi connectivity index (χ2n) is 8.24. The third-order valence-corrected chi connectivity index (χ3v) is 5.75. The number of carbonyl (C=O) groups excluding carboxylic acids is 2. The van der Waals surface area contributed by atoms with Crippen molar-refractivity contribution in [2.75, 3.05) is 20.2 Å². The number of esters is 1. The fourth-order valence-electron chi connectivity index (χ4n) is 4.45. The maximum Gasteiger partial charge on any atom is 0.331 e. The van der Waals surface area contributed by atoms with E-state index in [2.05, 4.69) is 24.1 Å². The summed E-state index contributed by atoms with van der Waals surface area (Å²) < 4.78 is 10.8. The van der Waals surface area contributed by atoms with Gasteiger partial charge in [-0.3, -0.25) is 9.69 Å². The molecule has 6 heteroatoms. The summed E-state index contributed by atoms with van der Waals surface area (Å²) in [5.74, 6) is -0.555. The zero-order chi connectivity index (χ0) is 20.1. The largest absolute Gasteiger partial charge is 0.467 e. The van der Waals surface area contributed by atoms with Crippen LogP contribution in [0, 0.1) is 0 Å². The number of rotatable bonds is 5. The smallest absolute Gasteiger partial charge is 0.331 e. The Labute approximate surface area is 167 Å². The van der Waals surface area contributed by atoms with Gasteiger partial charge in [0.2, 0.25) is 0 Å². The van der Waals surface area contributed by atoms with Crippen molar-refractivity contribution in [1.29, 1.82) is 0 Å². The van der Waals surface area contributed by atoms with Crippen molar-refractivity contribution in [1.82, 2.24) is 10.2 Å². The van der Waals surface area contributed by atoms with E-state index < -0.39 is 5.54 Å². The van der Waals surface area contributed by atoms with Crippen molar-refractivity contribution in [2.45, 2.75) is 70.2 Å². The van der Waals surface area contributed by atoms with Crippen LogP contribution in [0.5, 0.6) is 0 Å². The van der Waals surface area contributed by atoms with E-state index in [1.165, 1.54) is 7.11 Å². The van der Waals surface area contributed by atoms with Gasteiger partial charge in [-0.2, -0.15) is 0 Å². The number of hydrogen-bond donors (Lipinski definition) is 1. The molecule has 0 aromatic heterocycles. The van der Waals surface area contributed by atoms with Crippen molar-refractivity contribution in [3.63, 3.8) is 0 Å². The van der Waals surface area contributed by atoms with E-state index in [4.69, 9.17) is 9.47 Å². The van der Waals surface area contributed by atoms with E-state index in [1.807, 2.05) is 24.3 Å². The van der Waals surface area contributed by atoms with Gasteiger partial charge in [-0.15, -0.1) is 0 Å². The van der Waals surface area contributed by atoms with E-state index in [-0.39, 0.29) is 24.1 Å². The van der Waals surface area contributed by atoms with Gasteiger partial charge in [0.1, 0.15) is 5.54 Å². The molecule has 1 saturated carbocycles. The lowest BCUT2D eigenvalue weighted by Gasteiger charge is -2.35. The third kappa shape index (κ3) is 4.92. The Balaban J connectivity index is 1.63. The molecule has 1 aromatic rings. The third-order valence-electron chi connectivity index (χ3n) is 5.75. The van der Waals surface area contributed by atoms with Gasteiger partial charge >= 0.3 is 5.97 Å².